The zero-order valence-corrected chi connectivity index (χ0v) is 5.79. The molecule has 3 nitrogen and oxygen atoms in total. The number of hydrogen-bond donors (Lipinski definition) is 2. The van der Waals surface area contributed by atoms with Gasteiger partial charge in [0, 0.05) is 6.42 Å². The molecule has 1 saturated carbocycles. The van der Waals surface area contributed by atoms with Gasteiger partial charge in [0.05, 0.1) is 18.3 Å². The van der Waals surface area contributed by atoms with Crippen LogP contribution in [-0.4, -0.2) is 34.6 Å². The SMILES string of the molecule is O[C@@H]1CC[C@]2(O)CCOC12. The number of hydrogen-bond acceptors (Lipinski definition) is 3. The highest BCUT2D eigenvalue weighted by molar-refractivity contribution is 5.01. The Morgan fingerprint density at radius 1 is 1.40 bits per heavy atom. The molecule has 10 heavy (non-hydrogen) atoms. The minimum absolute atomic E-state index is 0.299. The average molecular weight is 144 g/mol. The molecule has 0 aromatic rings. The Morgan fingerprint density at radius 2 is 2.20 bits per heavy atom. The Kier molecular flexibility index (Phi) is 1.27. The highest BCUT2D eigenvalue weighted by atomic mass is 16.5. The van der Waals surface area contributed by atoms with E-state index in [1.54, 1.807) is 0 Å². The standard InChI is InChI=1S/C7H12O3/c8-5-1-2-7(9)3-4-10-6(5)7/h5-6,8-9H,1-4H2/t5-,6?,7+/m1/s1. The van der Waals surface area contributed by atoms with Gasteiger partial charge in [-0.25, -0.2) is 0 Å². The van der Waals surface area contributed by atoms with Gasteiger partial charge in [-0.05, 0) is 12.8 Å². The fraction of sp³-hybridized carbons (Fsp3) is 1.00. The van der Waals surface area contributed by atoms with E-state index in [9.17, 15) is 10.2 Å². The second-order valence-electron chi connectivity index (χ2n) is 3.25. The van der Waals surface area contributed by atoms with E-state index in [4.69, 9.17) is 4.74 Å². The van der Waals surface area contributed by atoms with Gasteiger partial charge < -0.3 is 14.9 Å². The van der Waals surface area contributed by atoms with E-state index >= 15 is 0 Å². The Hall–Kier alpha value is -0.120. The summed E-state index contributed by atoms with van der Waals surface area (Å²) in [4.78, 5) is 0. The minimum Gasteiger partial charge on any atom is -0.390 e. The maximum Gasteiger partial charge on any atom is 0.112 e. The molecule has 3 heteroatoms. The van der Waals surface area contributed by atoms with Crippen molar-refractivity contribution in [3.8, 4) is 0 Å². The van der Waals surface area contributed by atoms with Gasteiger partial charge in [-0.15, -0.1) is 0 Å². The van der Waals surface area contributed by atoms with Crippen LogP contribution in [0.2, 0.25) is 0 Å². The van der Waals surface area contributed by atoms with Crippen LogP contribution in [0, 0.1) is 0 Å². The van der Waals surface area contributed by atoms with Gasteiger partial charge in [0.25, 0.3) is 0 Å². The molecule has 2 N–H and O–H groups in total. The van der Waals surface area contributed by atoms with E-state index in [1.807, 2.05) is 0 Å². The van der Waals surface area contributed by atoms with Crippen molar-refractivity contribution in [1.29, 1.82) is 0 Å². The van der Waals surface area contributed by atoms with Crippen LogP contribution in [0.15, 0.2) is 0 Å². The van der Waals surface area contributed by atoms with Crippen LogP contribution >= 0.6 is 0 Å². The number of rotatable bonds is 0. The summed E-state index contributed by atoms with van der Waals surface area (Å²) < 4.78 is 5.19. The zero-order chi connectivity index (χ0) is 7.19. The molecule has 0 spiro atoms. The van der Waals surface area contributed by atoms with Gasteiger partial charge in [-0.3, -0.25) is 0 Å². The number of fused-ring (bicyclic) bond motifs is 1. The predicted molar refractivity (Wildman–Crippen MR) is 34.5 cm³/mol. The van der Waals surface area contributed by atoms with Crippen LogP contribution in [0.5, 0.6) is 0 Å². The predicted octanol–water partition coefficient (Wildman–Crippen LogP) is -0.339. The van der Waals surface area contributed by atoms with Crippen molar-refractivity contribution in [2.45, 2.75) is 37.1 Å². The summed E-state index contributed by atoms with van der Waals surface area (Å²) in [7, 11) is 0. The molecule has 58 valence electrons. The maximum atomic E-state index is 9.72. The van der Waals surface area contributed by atoms with E-state index in [1.165, 1.54) is 0 Å². The second kappa shape index (κ2) is 1.94. The Morgan fingerprint density at radius 3 is 2.90 bits per heavy atom. The van der Waals surface area contributed by atoms with E-state index in [0.29, 0.717) is 25.9 Å². The van der Waals surface area contributed by atoms with E-state index in [2.05, 4.69) is 0 Å². The summed E-state index contributed by atoms with van der Waals surface area (Å²) in [6.45, 7) is 0.595. The van der Waals surface area contributed by atoms with Crippen LogP contribution < -0.4 is 0 Å². The summed E-state index contributed by atoms with van der Waals surface area (Å²) in [5.74, 6) is 0. The smallest absolute Gasteiger partial charge is 0.112 e. The van der Waals surface area contributed by atoms with Gasteiger partial charge in [-0.2, -0.15) is 0 Å². The van der Waals surface area contributed by atoms with Gasteiger partial charge in [0.1, 0.15) is 6.10 Å². The summed E-state index contributed by atoms with van der Waals surface area (Å²) >= 11 is 0. The minimum atomic E-state index is -0.695. The summed E-state index contributed by atoms with van der Waals surface area (Å²) in [6, 6.07) is 0. The van der Waals surface area contributed by atoms with Crippen molar-refractivity contribution in [3.63, 3.8) is 0 Å². The highest BCUT2D eigenvalue weighted by Crippen LogP contribution is 2.39. The molecule has 2 rings (SSSR count). The molecule has 0 radical (unpaired) electrons. The molecule has 1 unspecified atom stereocenters. The van der Waals surface area contributed by atoms with Gasteiger partial charge in [0.2, 0.25) is 0 Å². The molecule has 1 aliphatic heterocycles. The fourth-order valence-corrected chi connectivity index (χ4v) is 1.95. The number of aliphatic hydroxyl groups excluding tert-OH is 1. The molecule has 1 saturated heterocycles. The quantitative estimate of drug-likeness (QED) is 0.489. The topological polar surface area (TPSA) is 49.7 Å². The first-order valence-corrected chi connectivity index (χ1v) is 3.74. The monoisotopic (exact) mass is 144 g/mol. The lowest BCUT2D eigenvalue weighted by atomic mass is 9.99. The molecule has 2 fully saturated rings. The average Bonchev–Trinajstić information content (AvgIpc) is 2.35. The van der Waals surface area contributed by atoms with E-state index in [-0.39, 0.29) is 6.10 Å². The van der Waals surface area contributed by atoms with E-state index in [0.717, 1.165) is 0 Å². The first kappa shape index (κ1) is 6.58. The van der Waals surface area contributed by atoms with Crippen molar-refractivity contribution in [1.82, 2.24) is 0 Å². The molecule has 0 aromatic heterocycles. The van der Waals surface area contributed by atoms with Crippen LogP contribution in [0.3, 0.4) is 0 Å². The van der Waals surface area contributed by atoms with Crippen molar-refractivity contribution in [2.24, 2.45) is 0 Å². The molecule has 0 amide bonds. The molecular formula is C7H12O3. The van der Waals surface area contributed by atoms with Gasteiger partial charge >= 0.3 is 0 Å². The van der Waals surface area contributed by atoms with Crippen LogP contribution in [0.4, 0.5) is 0 Å². The van der Waals surface area contributed by atoms with Crippen molar-refractivity contribution in [2.75, 3.05) is 6.61 Å². The lowest BCUT2D eigenvalue weighted by molar-refractivity contribution is -0.0571. The molecule has 2 aliphatic rings. The van der Waals surface area contributed by atoms with Crippen molar-refractivity contribution < 1.29 is 14.9 Å². The Bertz CT molecular complexity index is 148. The molecule has 1 heterocycles. The first-order valence-electron chi connectivity index (χ1n) is 3.74. The zero-order valence-electron chi connectivity index (χ0n) is 5.79. The molecular weight excluding hydrogens is 132 g/mol. The molecule has 3 atom stereocenters. The van der Waals surface area contributed by atoms with Crippen LogP contribution in [0.25, 0.3) is 0 Å². The maximum absolute atomic E-state index is 9.72. The molecule has 1 aliphatic carbocycles. The fourth-order valence-electron chi connectivity index (χ4n) is 1.95. The molecule has 0 aromatic carbocycles. The summed E-state index contributed by atoms with van der Waals surface area (Å²) in [5.41, 5.74) is -0.695. The highest BCUT2D eigenvalue weighted by Gasteiger charge is 2.50. The first-order chi connectivity index (χ1) is 4.72. The third-order valence-corrected chi connectivity index (χ3v) is 2.58. The van der Waals surface area contributed by atoms with E-state index < -0.39 is 11.7 Å². The third-order valence-electron chi connectivity index (χ3n) is 2.58. The Balaban J connectivity index is 2.19. The number of aliphatic hydroxyl groups is 2. The lowest BCUT2D eigenvalue weighted by Crippen LogP contribution is -2.37. The Labute approximate surface area is 59.6 Å². The second-order valence-corrected chi connectivity index (χ2v) is 3.25. The van der Waals surface area contributed by atoms with Crippen LogP contribution in [0.1, 0.15) is 19.3 Å². The summed E-state index contributed by atoms with van der Waals surface area (Å²) in [5, 5.41) is 19.0. The summed E-state index contributed by atoms with van der Waals surface area (Å²) in [6.07, 6.45) is 1.33. The number of ether oxygens (including phenoxy) is 1. The molecule has 0 bridgehead atoms. The van der Waals surface area contributed by atoms with Crippen LogP contribution in [-0.2, 0) is 4.74 Å². The van der Waals surface area contributed by atoms with Crippen molar-refractivity contribution >= 4 is 0 Å². The van der Waals surface area contributed by atoms with Gasteiger partial charge in [0.15, 0.2) is 0 Å². The largest absolute Gasteiger partial charge is 0.390 e. The lowest BCUT2D eigenvalue weighted by Gasteiger charge is -2.20. The normalized spacial score (nSPS) is 53.4. The third kappa shape index (κ3) is 0.713. The van der Waals surface area contributed by atoms with Crippen molar-refractivity contribution in [3.05, 3.63) is 0 Å². The van der Waals surface area contributed by atoms with Gasteiger partial charge in [-0.1, -0.05) is 0 Å².